The number of fused-ring (bicyclic) bond motifs is 2. The van der Waals surface area contributed by atoms with Crippen molar-refractivity contribution in [2.24, 2.45) is 5.11 Å². The van der Waals surface area contributed by atoms with Crippen LogP contribution in [-0.2, 0) is 12.8 Å². The quantitative estimate of drug-likeness (QED) is 0.335. The van der Waals surface area contributed by atoms with Crippen molar-refractivity contribution >= 4 is 15.9 Å². The minimum Gasteiger partial charge on any atom is -0.388 e. The Morgan fingerprint density at radius 2 is 1.46 bits per heavy atom. The van der Waals surface area contributed by atoms with Crippen LogP contribution in [0.25, 0.3) is 10.4 Å². The maximum Gasteiger partial charge on any atom is 0.0920 e. The Morgan fingerprint density at radius 1 is 0.917 bits per heavy atom. The maximum absolute atomic E-state index is 9.71. The van der Waals surface area contributed by atoms with E-state index in [0.29, 0.717) is 6.42 Å². The van der Waals surface area contributed by atoms with Gasteiger partial charge in [0.1, 0.15) is 0 Å². The summed E-state index contributed by atoms with van der Waals surface area (Å²) in [5.41, 5.74) is 12.6. The van der Waals surface area contributed by atoms with Crippen molar-refractivity contribution in [1.29, 1.82) is 0 Å². The molecule has 0 amide bonds. The van der Waals surface area contributed by atoms with Gasteiger partial charge in [-0.25, -0.2) is 0 Å². The number of aliphatic hydroxyl groups is 2. The fourth-order valence-corrected chi connectivity index (χ4v) is 3.88. The molecule has 4 atom stereocenters. The van der Waals surface area contributed by atoms with Crippen molar-refractivity contribution < 1.29 is 10.2 Å². The first-order valence-electron chi connectivity index (χ1n) is 7.82. The Hall–Kier alpha value is -1.85. The third-order valence-electron chi connectivity index (χ3n) is 4.50. The summed E-state index contributed by atoms with van der Waals surface area (Å²) in [6.45, 7) is 0. The van der Waals surface area contributed by atoms with E-state index in [4.69, 9.17) is 5.53 Å². The molecular weight excluding hydrogens is 370 g/mol. The molecule has 0 saturated carbocycles. The summed E-state index contributed by atoms with van der Waals surface area (Å²) in [7, 11) is 0. The van der Waals surface area contributed by atoms with E-state index < -0.39 is 6.10 Å². The molecule has 2 aromatic carbocycles. The first-order chi connectivity index (χ1) is 11.6. The van der Waals surface area contributed by atoms with Crippen molar-refractivity contribution in [1.82, 2.24) is 0 Å². The molecule has 0 spiro atoms. The van der Waals surface area contributed by atoms with Crippen LogP contribution in [0.3, 0.4) is 0 Å². The molecule has 0 fully saturated rings. The number of hydrogen-bond acceptors (Lipinski definition) is 3. The number of azide groups is 1. The van der Waals surface area contributed by atoms with Crippen LogP contribution in [0.2, 0.25) is 0 Å². The van der Waals surface area contributed by atoms with Crippen LogP contribution >= 0.6 is 15.9 Å². The van der Waals surface area contributed by atoms with Crippen molar-refractivity contribution in [3.8, 4) is 0 Å². The van der Waals surface area contributed by atoms with Crippen molar-refractivity contribution in [3.63, 3.8) is 0 Å². The zero-order valence-corrected chi connectivity index (χ0v) is 14.5. The van der Waals surface area contributed by atoms with E-state index in [0.717, 1.165) is 23.1 Å². The molecule has 0 bridgehead atoms. The highest BCUT2D eigenvalue weighted by molar-refractivity contribution is 9.09. The van der Waals surface area contributed by atoms with Gasteiger partial charge >= 0.3 is 0 Å². The molecule has 0 radical (unpaired) electrons. The Bertz CT molecular complexity index is 776. The fraction of sp³-hybridized carbons (Fsp3) is 0.333. The zero-order valence-electron chi connectivity index (χ0n) is 13.0. The van der Waals surface area contributed by atoms with Gasteiger partial charge in [-0.2, -0.15) is 0 Å². The monoisotopic (exact) mass is 387 g/mol. The molecular formula is C18H18BrN3O2. The smallest absolute Gasteiger partial charge is 0.0920 e. The lowest BCUT2D eigenvalue weighted by molar-refractivity contribution is 0.159. The highest BCUT2D eigenvalue weighted by Gasteiger charge is 2.29. The van der Waals surface area contributed by atoms with E-state index in [2.05, 4.69) is 32.0 Å². The molecule has 124 valence electrons. The summed E-state index contributed by atoms with van der Waals surface area (Å²) < 4.78 is 0. The molecule has 6 heteroatoms. The summed E-state index contributed by atoms with van der Waals surface area (Å²) in [6, 6.07) is 15.3. The molecule has 4 unspecified atom stereocenters. The van der Waals surface area contributed by atoms with Crippen molar-refractivity contribution in [2.75, 3.05) is 0 Å². The third-order valence-corrected chi connectivity index (χ3v) is 5.32. The van der Waals surface area contributed by atoms with Gasteiger partial charge in [0, 0.05) is 9.74 Å². The predicted molar refractivity (Wildman–Crippen MR) is 95.9 cm³/mol. The second kappa shape index (κ2) is 7.36. The summed E-state index contributed by atoms with van der Waals surface area (Å²) in [6.07, 6.45) is 0.636. The van der Waals surface area contributed by atoms with Gasteiger partial charge in [0.2, 0.25) is 0 Å². The van der Waals surface area contributed by atoms with Crippen LogP contribution in [-0.4, -0.2) is 21.1 Å². The molecule has 4 rings (SSSR count). The number of nitrogens with zero attached hydrogens (tertiary/aromatic N) is 3. The van der Waals surface area contributed by atoms with Crippen LogP contribution in [0.5, 0.6) is 0 Å². The molecule has 0 heterocycles. The van der Waals surface area contributed by atoms with E-state index in [9.17, 15) is 10.2 Å². The summed E-state index contributed by atoms with van der Waals surface area (Å²) >= 11 is 3.43. The Morgan fingerprint density at radius 3 is 2.00 bits per heavy atom. The van der Waals surface area contributed by atoms with Gasteiger partial charge in [-0.3, -0.25) is 0 Å². The average Bonchev–Trinajstić information content (AvgIpc) is 3.07. The van der Waals surface area contributed by atoms with Gasteiger partial charge in [-0.05, 0) is 40.6 Å². The molecule has 0 aliphatic heterocycles. The van der Waals surface area contributed by atoms with Crippen LogP contribution in [0.1, 0.15) is 34.5 Å². The normalized spacial score (nSPS) is 26.6. The minimum absolute atomic E-state index is 0.208. The van der Waals surface area contributed by atoms with Gasteiger partial charge in [0.25, 0.3) is 0 Å². The average molecular weight is 388 g/mol. The largest absolute Gasteiger partial charge is 0.388 e. The number of rotatable bonds is 1. The third kappa shape index (κ3) is 3.32. The number of alkyl halides is 1. The van der Waals surface area contributed by atoms with E-state index in [1.54, 1.807) is 0 Å². The molecule has 5 nitrogen and oxygen atoms in total. The highest BCUT2D eigenvalue weighted by Crippen LogP contribution is 2.35. The van der Waals surface area contributed by atoms with Gasteiger partial charge in [0.05, 0.1) is 18.2 Å². The SMILES string of the molecule is OC1c2ccccc2CC1Br.[N-]=[N+]=NC1Cc2ccccc2C1O. The number of benzene rings is 2. The minimum atomic E-state index is -0.632. The van der Waals surface area contributed by atoms with E-state index >= 15 is 0 Å². The first-order valence-corrected chi connectivity index (χ1v) is 8.73. The summed E-state index contributed by atoms with van der Waals surface area (Å²) in [4.78, 5) is 2.92. The lowest BCUT2D eigenvalue weighted by Crippen LogP contribution is -2.09. The van der Waals surface area contributed by atoms with E-state index in [1.165, 1.54) is 5.56 Å². The lowest BCUT2D eigenvalue weighted by Gasteiger charge is -2.07. The number of aliphatic hydroxyl groups excluding tert-OH is 2. The first kappa shape index (κ1) is 17.0. The molecule has 2 N–H and O–H groups in total. The van der Waals surface area contributed by atoms with Gasteiger partial charge in [0.15, 0.2) is 0 Å². The number of halogens is 1. The van der Waals surface area contributed by atoms with Gasteiger partial charge in [-0.1, -0.05) is 69.6 Å². The zero-order chi connectivity index (χ0) is 17.1. The van der Waals surface area contributed by atoms with Crippen LogP contribution in [0.4, 0.5) is 0 Å². The fourth-order valence-electron chi connectivity index (χ4n) is 3.25. The molecule has 0 aromatic heterocycles. The Labute approximate surface area is 148 Å². The number of hydrogen-bond donors (Lipinski definition) is 2. The second-order valence-electron chi connectivity index (χ2n) is 5.98. The summed E-state index contributed by atoms with van der Waals surface area (Å²) in [5.74, 6) is 0. The molecule has 2 aliphatic rings. The lowest BCUT2D eigenvalue weighted by atomic mass is 10.1. The highest BCUT2D eigenvalue weighted by atomic mass is 79.9. The molecule has 24 heavy (non-hydrogen) atoms. The molecule has 2 aliphatic carbocycles. The second-order valence-corrected chi connectivity index (χ2v) is 7.16. The van der Waals surface area contributed by atoms with E-state index in [1.807, 2.05) is 42.5 Å². The molecule has 0 saturated heterocycles. The van der Waals surface area contributed by atoms with Gasteiger partial charge in [-0.15, -0.1) is 0 Å². The van der Waals surface area contributed by atoms with Crippen LogP contribution < -0.4 is 0 Å². The maximum atomic E-state index is 9.71. The van der Waals surface area contributed by atoms with Crippen molar-refractivity contribution in [3.05, 3.63) is 81.2 Å². The van der Waals surface area contributed by atoms with Gasteiger partial charge < -0.3 is 10.2 Å². The van der Waals surface area contributed by atoms with Crippen LogP contribution in [0, 0.1) is 0 Å². The predicted octanol–water partition coefficient (Wildman–Crippen LogP) is 3.99. The van der Waals surface area contributed by atoms with E-state index in [-0.39, 0.29) is 17.0 Å². The topological polar surface area (TPSA) is 89.2 Å². The van der Waals surface area contributed by atoms with Crippen molar-refractivity contribution in [2.45, 2.75) is 35.9 Å². The van der Waals surface area contributed by atoms with Crippen LogP contribution in [0.15, 0.2) is 53.6 Å². The Balaban J connectivity index is 0.000000143. The standard InChI is InChI=1S/C9H9BrO.C9H9N3O/c10-8-5-6-3-1-2-4-7(6)9(8)11;10-12-11-8-5-6-3-1-2-4-7(6)9(8)13/h1-4,8-9,11H,5H2;1-4,8-9,13H,5H2. The summed E-state index contributed by atoms with van der Waals surface area (Å²) in [5, 5.41) is 22.9. The molecule has 2 aromatic rings. The Kier molecular flexibility index (Phi) is 5.21.